The SMILES string of the molecule is OC1CC2(O)CCC(N3CCCC3)C2(O)CC1O. The van der Waals surface area contributed by atoms with E-state index in [0.29, 0.717) is 6.42 Å². The fraction of sp³-hybridized carbons (Fsp3) is 1.00. The Balaban J connectivity index is 1.87. The van der Waals surface area contributed by atoms with Gasteiger partial charge in [0, 0.05) is 18.9 Å². The Morgan fingerprint density at radius 2 is 1.56 bits per heavy atom. The lowest BCUT2D eigenvalue weighted by molar-refractivity contribution is -0.221. The molecule has 2 aliphatic carbocycles. The van der Waals surface area contributed by atoms with Crippen molar-refractivity contribution in [3.8, 4) is 0 Å². The van der Waals surface area contributed by atoms with E-state index in [2.05, 4.69) is 4.90 Å². The highest BCUT2D eigenvalue weighted by Crippen LogP contribution is 2.51. The van der Waals surface area contributed by atoms with Gasteiger partial charge in [-0.1, -0.05) is 0 Å². The molecule has 3 rings (SSSR count). The molecule has 1 aliphatic heterocycles. The van der Waals surface area contributed by atoms with E-state index in [1.165, 1.54) is 0 Å². The third-order valence-electron chi connectivity index (χ3n) is 5.28. The normalized spacial score (nSPS) is 53.7. The quantitative estimate of drug-likeness (QED) is 0.495. The second kappa shape index (κ2) is 4.15. The van der Waals surface area contributed by atoms with Gasteiger partial charge in [-0.3, -0.25) is 4.90 Å². The number of hydrogen-bond acceptors (Lipinski definition) is 5. The van der Waals surface area contributed by atoms with Crippen LogP contribution in [0, 0.1) is 0 Å². The highest BCUT2D eigenvalue weighted by atomic mass is 16.4. The van der Waals surface area contributed by atoms with Crippen molar-refractivity contribution >= 4 is 0 Å². The first-order chi connectivity index (χ1) is 8.46. The number of aliphatic hydroxyl groups is 4. The van der Waals surface area contributed by atoms with Gasteiger partial charge in [-0.25, -0.2) is 0 Å². The Hall–Kier alpha value is -0.200. The summed E-state index contributed by atoms with van der Waals surface area (Å²) >= 11 is 0. The maximum Gasteiger partial charge on any atom is 0.111 e. The van der Waals surface area contributed by atoms with Crippen LogP contribution in [-0.2, 0) is 0 Å². The standard InChI is InChI=1S/C13H23NO4/c15-9-7-12(17)4-3-11(14-5-1-2-6-14)13(12,18)8-10(9)16/h9-11,15-18H,1-8H2. The van der Waals surface area contributed by atoms with Crippen LogP contribution in [0.1, 0.15) is 38.5 Å². The summed E-state index contributed by atoms with van der Waals surface area (Å²) < 4.78 is 0. The lowest BCUT2D eigenvalue weighted by Crippen LogP contribution is -2.66. The van der Waals surface area contributed by atoms with Crippen LogP contribution in [0.4, 0.5) is 0 Å². The molecule has 3 aliphatic rings. The molecule has 5 unspecified atom stereocenters. The Kier molecular flexibility index (Phi) is 2.95. The van der Waals surface area contributed by atoms with Gasteiger partial charge in [0.25, 0.3) is 0 Å². The van der Waals surface area contributed by atoms with Gasteiger partial charge in [-0.05, 0) is 38.8 Å². The molecule has 0 radical (unpaired) electrons. The van der Waals surface area contributed by atoms with Crippen LogP contribution >= 0.6 is 0 Å². The van der Waals surface area contributed by atoms with E-state index in [1.807, 2.05) is 0 Å². The van der Waals surface area contributed by atoms with Gasteiger partial charge in [-0.2, -0.15) is 0 Å². The lowest BCUT2D eigenvalue weighted by atomic mass is 9.70. The molecule has 0 aromatic carbocycles. The van der Waals surface area contributed by atoms with Crippen molar-refractivity contribution in [1.29, 1.82) is 0 Å². The molecule has 0 bridgehead atoms. The molecule has 0 spiro atoms. The minimum Gasteiger partial charge on any atom is -0.390 e. The van der Waals surface area contributed by atoms with Crippen LogP contribution in [-0.4, -0.2) is 67.9 Å². The molecule has 0 aromatic rings. The van der Waals surface area contributed by atoms with Crippen molar-refractivity contribution in [3.05, 3.63) is 0 Å². The second-order valence-electron chi connectivity index (χ2n) is 6.30. The molecule has 0 aromatic heterocycles. The molecule has 1 saturated heterocycles. The Morgan fingerprint density at radius 3 is 2.22 bits per heavy atom. The van der Waals surface area contributed by atoms with Gasteiger partial charge in [0.05, 0.1) is 17.8 Å². The van der Waals surface area contributed by atoms with Crippen LogP contribution in [0.3, 0.4) is 0 Å². The van der Waals surface area contributed by atoms with Gasteiger partial charge in [0.15, 0.2) is 0 Å². The maximum absolute atomic E-state index is 10.9. The first-order valence-electron chi connectivity index (χ1n) is 7.01. The molecule has 104 valence electrons. The highest BCUT2D eigenvalue weighted by molar-refractivity contribution is 5.18. The van der Waals surface area contributed by atoms with Gasteiger partial charge in [0.1, 0.15) is 5.60 Å². The summed E-state index contributed by atoms with van der Waals surface area (Å²) in [5, 5.41) is 41.1. The smallest absolute Gasteiger partial charge is 0.111 e. The van der Waals surface area contributed by atoms with Gasteiger partial charge in [-0.15, -0.1) is 0 Å². The van der Waals surface area contributed by atoms with Crippen molar-refractivity contribution in [2.45, 2.75) is 68.0 Å². The summed E-state index contributed by atoms with van der Waals surface area (Å²) in [5.41, 5.74) is -2.51. The fourth-order valence-corrected chi connectivity index (χ4v) is 4.22. The minimum atomic E-state index is -1.27. The third-order valence-corrected chi connectivity index (χ3v) is 5.28. The fourth-order valence-electron chi connectivity index (χ4n) is 4.22. The second-order valence-corrected chi connectivity index (χ2v) is 6.30. The molecule has 4 N–H and O–H groups in total. The number of aliphatic hydroxyl groups excluding tert-OH is 2. The number of fused-ring (bicyclic) bond motifs is 1. The molecule has 1 heterocycles. The van der Waals surface area contributed by atoms with Crippen molar-refractivity contribution in [1.82, 2.24) is 4.90 Å². The van der Waals surface area contributed by atoms with E-state index < -0.39 is 23.4 Å². The van der Waals surface area contributed by atoms with Crippen LogP contribution in [0.25, 0.3) is 0 Å². The molecule has 18 heavy (non-hydrogen) atoms. The number of likely N-dealkylation sites (tertiary alicyclic amines) is 1. The average molecular weight is 257 g/mol. The van der Waals surface area contributed by atoms with Crippen molar-refractivity contribution < 1.29 is 20.4 Å². The maximum atomic E-state index is 10.9. The number of hydrogen-bond donors (Lipinski definition) is 4. The predicted octanol–water partition coefficient (Wildman–Crippen LogP) is -0.778. The van der Waals surface area contributed by atoms with Crippen molar-refractivity contribution in [2.75, 3.05) is 13.1 Å². The van der Waals surface area contributed by atoms with Crippen LogP contribution < -0.4 is 0 Å². The molecule has 2 saturated carbocycles. The average Bonchev–Trinajstić information content (AvgIpc) is 2.87. The van der Waals surface area contributed by atoms with E-state index in [9.17, 15) is 20.4 Å². The summed E-state index contributed by atoms with van der Waals surface area (Å²) in [7, 11) is 0. The largest absolute Gasteiger partial charge is 0.390 e. The molecule has 5 heteroatoms. The summed E-state index contributed by atoms with van der Waals surface area (Å²) in [6.45, 7) is 1.92. The minimum absolute atomic E-state index is 0.0752. The molecule has 5 atom stereocenters. The van der Waals surface area contributed by atoms with E-state index in [4.69, 9.17) is 0 Å². The number of nitrogens with zero attached hydrogens (tertiary/aromatic N) is 1. The first kappa shape index (κ1) is 12.8. The summed E-state index contributed by atoms with van der Waals surface area (Å²) in [5.74, 6) is 0. The number of rotatable bonds is 1. The third kappa shape index (κ3) is 1.65. The van der Waals surface area contributed by atoms with Crippen LogP contribution in [0.5, 0.6) is 0 Å². The van der Waals surface area contributed by atoms with E-state index >= 15 is 0 Å². The summed E-state index contributed by atoms with van der Waals surface area (Å²) in [6, 6.07) is -0.0767. The molecule has 0 amide bonds. The topological polar surface area (TPSA) is 84.2 Å². The molecule has 3 fully saturated rings. The van der Waals surface area contributed by atoms with Gasteiger partial charge in [0.2, 0.25) is 0 Å². The van der Waals surface area contributed by atoms with E-state index in [0.717, 1.165) is 32.4 Å². The highest BCUT2D eigenvalue weighted by Gasteiger charge is 2.64. The van der Waals surface area contributed by atoms with E-state index in [1.54, 1.807) is 0 Å². The van der Waals surface area contributed by atoms with Crippen molar-refractivity contribution in [2.24, 2.45) is 0 Å². The van der Waals surface area contributed by atoms with Gasteiger partial charge >= 0.3 is 0 Å². The molecule has 5 nitrogen and oxygen atoms in total. The molecular weight excluding hydrogens is 234 g/mol. The Morgan fingerprint density at radius 1 is 0.944 bits per heavy atom. The first-order valence-corrected chi connectivity index (χ1v) is 7.01. The lowest BCUT2D eigenvalue weighted by Gasteiger charge is -2.50. The van der Waals surface area contributed by atoms with Crippen LogP contribution in [0.2, 0.25) is 0 Å². The summed E-state index contributed by atoms with van der Waals surface area (Å²) in [4.78, 5) is 2.24. The Bertz CT molecular complexity index is 333. The van der Waals surface area contributed by atoms with Crippen LogP contribution in [0.15, 0.2) is 0 Å². The zero-order valence-electron chi connectivity index (χ0n) is 10.6. The predicted molar refractivity (Wildman–Crippen MR) is 65.0 cm³/mol. The monoisotopic (exact) mass is 257 g/mol. The van der Waals surface area contributed by atoms with E-state index in [-0.39, 0.29) is 18.9 Å². The van der Waals surface area contributed by atoms with Gasteiger partial charge < -0.3 is 20.4 Å². The zero-order chi connectivity index (χ0) is 13.0. The zero-order valence-corrected chi connectivity index (χ0v) is 10.6. The summed E-state index contributed by atoms with van der Waals surface area (Å²) in [6.07, 6.45) is 1.82. The van der Waals surface area contributed by atoms with Crippen molar-refractivity contribution in [3.63, 3.8) is 0 Å². The molecular formula is C13H23NO4. The Labute approximate surface area is 107 Å².